The van der Waals surface area contributed by atoms with Gasteiger partial charge in [0.25, 0.3) is 5.56 Å². The molecule has 0 aliphatic heterocycles. The van der Waals surface area contributed by atoms with E-state index in [1.165, 1.54) is 24.7 Å². The van der Waals surface area contributed by atoms with Crippen LogP contribution < -0.4 is 16.7 Å². The fourth-order valence-corrected chi connectivity index (χ4v) is 1.71. The first-order valence-electron chi connectivity index (χ1n) is 5.37. The Bertz CT molecular complexity index is 796. The smallest absolute Gasteiger partial charge is 0.332 e. The Balaban J connectivity index is 3.09. The average molecular weight is 251 g/mol. The highest BCUT2D eigenvalue weighted by Crippen LogP contribution is 1.98. The number of hydrogen-bond donors (Lipinski definition) is 1. The minimum atomic E-state index is -0.500. The molecule has 2 aromatic heterocycles. The Hall–Kier alpha value is -2.38. The van der Waals surface area contributed by atoms with Crippen molar-refractivity contribution in [2.75, 3.05) is 6.54 Å². The lowest BCUT2D eigenvalue weighted by atomic mass is 10.3. The molecule has 1 N–H and O–H groups in total. The summed E-state index contributed by atoms with van der Waals surface area (Å²) >= 11 is 0. The lowest BCUT2D eigenvalue weighted by molar-refractivity contribution is 0.133. The van der Waals surface area contributed by atoms with Gasteiger partial charge in [-0.3, -0.25) is 18.9 Å². The first-order chi connectivity index (χ1) is 8.47. The standard InChI is InChI=1S/C10H13N5O3/c1-4-11-7-5-6-8(12-15(7)18)13(2)10(17)14(3)9(6)16/h5,18H,4H2,1-3H3. The van der Waals surface area contributed by atoms with E-state index in [4.69, 9.17) is 0 Å². The van der Waals surface area contributed by atoms with Crippen LogP contribution in [0.5, 0.6) is 0 Å². The van der Waals surface area contributed by atoms with E-state index in [9.17, 15) is 14.8 Å². The zero-order valence-electron chi connectivity index (χ0n) is 10.3. The second-order valence-corrected chi connectivity index (χ2v) is 3.81. The Labute approximate surface area is 101 Å². The molecule has 18 heavy (non-hydrogen) atoms. The summed E-state index contributed by atoms with van der Waals surface area (Å²) in [4.78, 5) is 28.2. The van der Waals surface area contributed by atoms with Crippen LogP contribution >= 0.6 is 0 Å². The molecule has 0 radical (unpaired) electrons. The van der Waals surface area contributed by atoms with Gasteiger partial charge >= 0.3 is 5.69 Å². The summed E-state index contributed by atoms with van der Waals surface area (Å²) in [6.45, 7) is 2.24. The summed E-state index contributed by atoms with van der Waals surface area (Å²) in [6.07, 6.45) is 0. The fourth-order valence-electron chi connectivity index (χ4n) is 1.71. The van der Waals surface area contributed by atoms with Gasteiger partial charge in [-0.1, -0.05) is 4.85 Å². The minimum absolute atomic E-state index is 0.112. The average Bonchev–Trinajstić information content (AvgIpc) is 2.36. The molecule has 0 bridgehead atoms. The maximum absolute atomic E-state index is 11.9. The van der Waals surface area contributed by atoms with Gasteiger partial charge in [0.2, 0.25) is 0 Å². The van der Waals surface area contributed by atoms with Gasteiger partial charge in [-0.2, -0.15) is 0 Å². The van der Waals surface area contributed by atoms with Gasteiger partial charge in [-0.15, -0.1) is 5.10 Å². The third-order valence-electron chi connectivity index (χ3n) is 2.66. The maximum atomic E-state index is 11.9. The van der Waals surface area contributed by atoms with E-state index in [1.807, 2.05) is 0 Å². The van der Waals surface area contributed by atoms with Crippen LogP contribution in [0.15, 0.2) is 20.6 Å². The number of fused-ring (bicyclic) bond motifs is 1. The third kappa shape index (κ3) is 1.62. The zero-order chi connectivity index (χ0) is 13.4. The van der Waals surface area contributed by atoms with Crippen LogP contribution in [-0.4, -0.2) is 30.8 Å². The van der Waals surface area contributed by atoms with E-state index in [0.717, 1.165) is 4.57 Å². The predicted molar refractivity (Wildman–Crippen MR) is 63.5 cm³/mol. The molecule has 0 saturated carbocycles. The molecule has 0 aliphatic carbocycles. The lowest BCUT2D eigenvalue weighted by Crippen LogP contribution is -2.39. The van der Waals surface area contributed by atoms with Gasteiger partial charge < -0.3 is 5.21 Å². The van der Waals surface area contributed by atoms with E-state index < -0.39 is 11.2 Å². The molecule has 0 unspecified atom stereocenters. The molecule has 0 aromatic carbocycles. The van der Waals surface area contributed by atoms with Crippen molar-refractivity contribution >= 4 is 11.0 Å². The van der Waals surface area contributed by atoms with Crippen LogP contribution in [0.1, 0.15) is 6.92 Å². The molecular formula is C10H13N5O3. The van der Waals surface area contributed by atoms with Crippen LogP contribution in [0.25, 0.3) is 11.0 Å². The van der Waals surface area contributed by atoms with Gasteiger partial charge in [0.1, 0.15) is 0 Å². The molecule has 2 heterocycles. The molecule has 0 fully saturated rings. The first kappa shape index (κ1) is 12.1. The molecule has 0 saturated heterocycles. The normalized spacial score (nSPS) is 12.3. The highest BCUT2D eigenvalue weighted by molar-refractivity contribution is 5.72. The molecule has 0 spiro atoms. The summed E-state index contributed by atoms with van der Waals surface area (Å²) in [6, 6.07) is 1.41. The maximum Gasteiger partial charge on any atom is 0.332 e. The van der Waals surface area contributed by atoms with Gasteiger partial charge in [-0.25, -0.2) is 4.79 Å². The summed E-state index contributed by atoms with van der Waals surface area (Å²) in [5.41, 5.74) is -0.685. The molecule has 2 rings (SSSR count). The molecular weight excluding hydrogens is 238 g/mol. The van der Waals surface area contributed by atoms with Crippen molar-refractivity contribution in [3.05, 3.63) is 32.4 Å². The molecule has 8 heteroatoms. The molecule has 8 nitrogen and oxygen atoms in total. The number of aryl methyl sites for hydroxylation is 1. The molecule has 2 aromatic rings. The number of nitrogens with zero attached hydrogens (tertiary/aromatic N) is 5. The van der Waals surface area contributed by atoms with Crippen LogP contribution in [0.2, 0.25) is 0 Å². The number of aromatic nitrogens is 4. The summed E-state index contributed by atoms with van der Waals surface area (Å²) in [5, 5.41) is 13.6. The Kier molecular flexibility index (Phi) is 2.77. The van der Waals surface area contributed by atoms with E-state index in [1.54, 1.807) is 6.92 Å². The second-order valence-electron chi connectivity index (χ2n) is 3.81. The summed E-state index contributed by atoms with van der Waals surface area (Å²) in [5.74, 6) is 0. The quantitative estimate of drug-likeness (QED) is 0.630. The summed E-state index contributed by atoms with van der Waals surface area (Å²) < 4.78 is 2.18. The van der Waals surface area contributed by atoms with Gasteiger partial charge in [0.05, 0.1) is 5.39 Å². The first-order valence-corrected chi connectivity index (χ1v) is 5.37. The van der Waals surface area contributed by atoms with E-state index in [2.05, 4.69) is 10.1 Å². The Morgan fingerprint density at radius 2 is 2.00 bits per heavy atom. The zero-order valence-corrected chi connectivity index (χ0v) is 10.3. The second kappa shape index (κ2) is 4.13. The van der Waals surface area contributed by atoms with Crippen molar-refractivity contribution in [2.45, 2.75) is 6.92 Å². The van der Waals surface area contributed by atoms with Crippen LogP contribution in [0, 0.1) is 0 Å². The van der Waals surface area contributed by atoms with Crippen molar-refractivity contribution in [3.63, 3.8) is 0 Å². The van der Waals surface area contributed by atoms with Gasteiger partial charge in [-0.05, 0) is 6.92 Å². The van der Waals surface area contributed by atoms with Crippen molar-refractivity contribution in [1.29, 1.82) is 0 Å². The van der Waals surface area contributed by atoms with Crippen LogP contribution in [0.3, 0.4) is 0 Å². The monoisotopic (exact) mass is 251 g/mol. The molecule has 0 aliphatic rings. The molecule has 0 amide bonds. The van der Waals surface area contributed by atoms with Crippen molar-refractivity contribution in [1.82, 2.24) is 19.1 Å². The van der Waals surface area contributed by atoms with Crippen LogP contribution in [-0.2, 0) is 14.1 Å². The van der Waals surface area contributed by atoms with Crippen molar-refractivity contribution < 1.29 is 5.21 Å². The van der Waals surface area contributed by atoms with Gasteiger partial charge in [0.15, 0.2) is 11.1 Å². The van der Waals surface area contributed by atoms with E-state index in [0.29, 0.717) is 11.4 Å². The topological polar surface area (TPSA) is 94.4 Å². The Morgan fingerprint density at radius 1 is 1.33 bits per heavy atom. The molecule has 0 atom stereocenters. The van der Waals surface area contributed by atoms with Crippen molar-refractivity contribution in [2.24, 2.45) is 19.1 Å². The Morgan fingerprint density at radius 3 is 2.61 bits per heavy atom. The number of hydrogen-bond acceptors (Lipinski definition) is 5. The predicted octanol–water partition coefficient (Wildman–Crippen LogP) is -1.41. The van der Waals surface area contributed by atoms with E-state index >= 15 is 0 Å². The lowest BCUT2D eigenvalue weighted by Gasteiger charge is -2.07. The highest BCUT2D eigenvalue weighted by atomic mass is 16.5. The molecule has 96 valence electrons. The van der Waals surface area contributed by atoms with Gasteiger partial charge in [0, 0.05) is 26.7 Å². The fraction of sp³-hybridized carbons (Fsp3) is 0.400. The number of rotatable bonds is 1. The third-order valence-corrected chi connectivity index (χ3v) is 2.66. The SMILES string of the molecule is CCN=c1cc2c(=O)n(C)c(=O)n(C)c2nn1O. The van der Waals surface area contributed by atoms with Crippen LogP contribution in [0.4, 0.5) is 0 Å². The minimum Gasteiger partial charge on any atom is -0.410 e. The summed E-state index contributed by atoms with van der Waals surface area (Å²) in [7, 11) is 2.87. The van der Waals surface area contributed by atoms with E-state index in [-0.39, 0.29) is 16.5 Å². The highest BCUT2D eigenvalue weighted by Gasteiger charge is 2.11. The van der Waals surface area contributed by atoms with Crippen molar-refractivity contribution in [3.8, 4) is 0 Å². The largest absolute Gasteiger partial charge is 0.410 e.